The first-order valence-electron chi connectivity index (χ1n) is 4.38. The summed E-state index contributed by atoms with van der Waals surface area (Å²) in [4.78, 5) is 0. The Balaban J connectivity index is 2.74. The molecule has 0 aliphatic heterocycles. The molecule has 0 atom stereocenters. The summed E-state index contributed by atoms with van der Waals surface area (Å²) >= 11 is 11.8. The van der Waals surface area contributed by atoms with E-state index in [1.807, 2.05) is 12.1 Å². The maximum absolute atomic E-state index is 5.95. The van der Waals surface area contributed by atoms with Gasteiger partial charge in [-0.05, 0) is 25.1 Å². The summed E-state index contributed by atoms with van der Waals surface area (Å²) in [6.07, 6.45) is 1.70. The molecule has 1 aromatic rings. The molecule has 0 aliphatic rings. The second-order valence-corrected chi connectivity index (χ2v) is 3.58. The van der Waals surface area contributed by atoms with Crippen LogP contribution in [-0.2, 0) is 0 Å². The van der Waals surface area contributed by atoms with Gasteiger partial charge in [-0.1, -0.05) is 41.1 Å². The molecule has 0 saturated heterocycles. The predicted octanol–water partition coefficient (Wildman–Crippen LogP) is 3.08. The zero-order valence-corrected chi connectivity index (χ0v) is 9.20. The first-order valence-corrected chi connectivity index (χ1v) is 5.14. The van der Waals surface area contributed by atoms with E-state index in [9.17, 15) is 0 Å². The Hall–Kier alpha value is -0.680. The van der Waals surface area contributed by atoms with Crippen LogP contribution in [0.1, 0.15) is 18.4 Å². The Morgan fingerprint density at radius 1 is 1.29 bits per heavy atom. The zero-order chi connectivity index (χ0) is 10.4. The van der Waals surface area contributed by atoms with Crippen LogP contribution in [0.3, 0.4) is 0 Å². The van der Waals surface area contributed by atoms with Gasteiger partial charge in [-0.25, -0.2) is 0 Å². The van der Waals surface area contributed by atoms with E-state index in [1.54, 1.807) is 6.07 Å². The fourth-order valence-electron chi connectivity index (χ4n) is 0.949. The van der Waals surface area contributed by atoms with Crippen molar-refractivity contribution in [3.05, 3.63) is 33.8 Å². The Kier molecular flexibility index (Phi) is 4.82. The molecule has 3 heteroatoms. The molecule has 0 bridgehead atoms. The summed E-state index contributed by atoms with van der Waals surface area (Å²) in [7, 11) is 0. The summed E-state index contributed by atoms with van der Waals surface area (Å²) in [6, 6.07) is 5.43. The lowest BCUT2D eigenvalue weighted by molar-refractivity contribution is 0.870. The molecular formula is C11H11Cl2N. The summed E-state index contributed by atoms with van der Waals surface area (Å²) in [5.41, 5.74) is 6.12. The maximum atomic E-state index is 5.95. The Morgan fingerprint density at radius 3 is 2.79 bits per heavy atom. The minimum Gasteiger partial charge on any atom is -0.330 e. The van der Waals surface area contributed by atoms with Crippen LogP contribution in [0.25, 0.3) is 0 Å². The minimum absolute atomic E-state index is 0.523. The van der Waals surface area contributed by atoms with E-state index >= 15 is 0 Å². The molecule has 1 nitrogen and oxygen atoms in total. The lowest BCUT2D eigenvalue weighted by Crippen LogP contribution is -1.96. The molecule has 74 valence electrons. The molecule has 0 saturated carbocycles. The SMILES string of the molecule is NCCCC#Cc1cccc(Cl)c1Cl. The van der Waals surface area contributed by atoms with Crippen molar-refractivity contribution in [2.75, 3.05) is 6.54 Å². The van der Waals surface area contributed by atoms with E-state index in [-0.39, 0.29) is 0 Å². The molecule has 0 aliphatic carbocycles. The van der Waals surface area contributed by atoms with Gasteiger partial charge in [0.25, 0.3) is 0 Å². The first kappa shape index (κ1) is 11.4. The monoisotopic (exact) mass is 227 g/mol. The normalized spacial score (nSPS) is 9.36. The van der Waals surface area contributed by atoms with Gasteiger partial charge >= 0.3 is 0 Å². The van der Waals surface area contributed by atoms with Crippen LogP contribution in [0.5, 0.6) is 0 Å². The van der Waals surface area contributed by atoms with Crippen molar-refractivity contribution in [2.24, 2.45) is 5.73 Å². The standard InChI is InChI=1S/C11H11Cl2N/c12-10-7-4-6-9(11(10)13)5-2-1-3-8-14/h4,6-7H,1,3,8,14H2. The molecular weight excluding hydrogens is 217 g/mol. The largest absolute Gasteiger partial charge is 0.330 e. The number of unbranched alkanes of at least 4 members (excludes halogenated alkanes) is 1. The summed E-state index contributed by atoms with van der Waals surface area (Å²) in [6.45, 7) is 0.665. The second kappa shape index (κ2) is 5.93. The van der Waals surface area contributed by atoms with Crippen molar-refractivity contribution >= 4 is 23.2 Å². The van der Waals surface area contributed by atoms with Crippen LogP contribution in [-0.4, -0.2) is 6.54 Å². The van der Waals surface area contributed by atoms with E-state index in [2.05, 4.69) is 11.8 Å². The van der Waals surface area contributed by atoms with Gasteiger partial charge in [0.2, 0.25) is 0 Å². The van der Waals surface area contributed by atoms with Crippen molar-refractivity contribution in [1.29, 1.82) is 0 Å². The van der Waals surface area contributed by atoms with Gasteiger partial charge in [0.05, 0.1) is 10.0 Å². The fraction of sp³-hybridized carbons (Fsp3) is 0.273. The van der Waals surface area contributed by atoms with Crippen molar-refractivity contribution in [3.8, 4) is 11.8 Å². The molecule has 14 heavy (non-hydrogen) atoms. The van der Waals surface area contributed by atoms with Crippen LogP contribution in [0, 0.1) is 11.8 Å². The lowest BCUT2D eigenvalue weighted by atomic mass is 10.2. The molecule has 0 amide bonds. The smallest absolute Gasteiger partial charge is 0.0748 e. The van der Waals surface area contributed by atoms with E-state index in [0.717, 1.165) is 18.4 Å². The number of nitrogens with two attached hydrogens (primary N) is 1. The second-order valence-electron chi connectivity index (χ2n) is 2.80. The average molecular weight is 228 g/mol. The Bertz CT molecular complexity index is 363. The Morgan fingerprint density at radius 2 is 2.07 bits per heavy atom. The highest BCUT2D eigenvalue weighted by Crippen LogP contribution is 2.24. The third-order valence-electron chi connectivity index (χ3n) is 1.68. The highest BCUT2D eigenvalue weighted by Gasteiger charge is 1.99. The number of hydrogen-bond acceptors (Lipinski definition) is 1. The Labute approximate surface area is 94.2 Å². The molecule has 0 fully saturated rings. The number of hydrogen-bond donors (Lipinski definition) is 1. The molecule has 0 spiro atoms. The van der Waals surface area contributed by atoms with E-state index in [4.69, 9.17) is 28.9 Å². The summed E-state index contributed by atoms with van der Waals surface area (Å²) in [5.74, 6) is 5.96. The van der Waals surface area contributed by atoms with Gasteiger partial charge in [0, 0.05) is 12.0 Å². The van der Waals surface area contributed by atoms with Crippen LogP contribution >= 0.6 is 23.2 Å². The van der Waals surface area contributed by atoms with E-state index in [1.165, 1.54) is 0 Å². The zero-order valence-electron chi connectivity index (χ0n) is 7.69. The lowest BCUT2D eigenvalue weighted by Gasteiger charge is -1.96. The molecule has 2 N–H and O–H groups in total. The molecule has 1 rings (SSSR count). The third-order valence-corrected chi connectivity index (χ3v) is 2.50. The van der Waals surface area contributed by atoms with E-state index < -0.39 is 0 Å². The number of rotatable bonds is 2. The summed E-state index contributed by atoms with van der Waals surface area (Å²) < 4.78 is 0. The third kappa shape index (κ3) is 3.23. The molecule has 0 heterocycles. The van der Waals surface area contributed by atoms with Gasteiger partial charge in [-0.3, -0.25) is 0 Å². The van der Waals surface area contributed by atoms with Crippen LogP contribution in [0.4, 0.5) is 0 Å². The maximum Gasteiger partial charge on any atom is 0.0748 e. The van der Waals surface area contributed by atoms with Gasteiger partial charge < -0.3 is 5.73 Å². The fourth-order valence-corrected chi connectivity index (χ4v) is 1.30. The van der Waals surface area contributed by atoms with Gasteiger partial charge in [0.1, 0.15) is 0 Å². The first-order chi connectivity index (χ1) is 6.75. The molecule has 0 aromatic heterocycles. The number of halogens is 2. The van der Waals surface area contributed by atoms with E-state index in [0.29, 0.717) is 16.6 Å². The highest BCUT2D eigenvalue weighted by molar-refractivity contribution is 6.42. The van der Waals surface area contributed by atoms with Gasteiger partial charge in [0.15, 0.2) is 0 Å². The highest BCUT2D eigenvalue weighted by atomic mass is 35.5. The van der Waals surface area contributed by atoms with Crippen molar-refractivity contribution in [3.63, 3.8) is 0 Å². The van der Waals surface area contributed by atoms with Gasteiger partial charge in [-0.15, -0.1) is 0 Å². The topological polar surface area (TPSA) is 26.0 Å². The molecule has 0 unspecified atom stereocenters. The summed E-state index contributed by atoms with van der Waals surface area (Å²) in [5, 5.41) is 1.06. The predicted molar refractivity (Wildman–Crippen MR) is 61.6 cm³/mol. The number of benzene rings is 1. The molecule has 0 radical (unpaired) electrons. The molecule has 1 aromatic carbocycles. The quantitative estimate of drug-likeness (QED) is 0.610. The average Bonchev–Trinajstić information content (AvgIpc) is 2.19. The van der Waals surface area contributed by atoms with Crippen LogP contribution in [0.2, 0.25) is 10.0 Å². The van der Waals surface area contributed by atoms with Gasteiger partial charge in [-0.2, -0.15) is 0 Å². The van der Waals surface area contributed by atoms with Crippen LogP contribution in [0.15, 0.2) is 18.2 Å². The minimum atomic E-state index is 0.523. The van der Waals surface area contributed by atoms with Crippen molar-refractivity contribution < 1.29 is 0 Å². The van der Waals surface area contributed by atoms with Crippen molar-refractivity contribution in [1.82, 2.24) is 0 Å². The van der Waals surface area contributed by atoms with Crippen molar-refractivity contribution in [2.45, 2.75) is 12.8 Å². The van der Waals surface area contributed by atoms with Crippen LogP contribution < -0.4 is 5.73 Å².